The van der Waals surface area contributed by atoms with Crippen LogP contribution in [0, 0.1) is 0 Å². The van der Waals surface area contributed by atoms with E-state index in [2.05, 4.69) is 0 Å². The Hall–Kier alpha value is -0.690. The predicted molar refractivity (Wildman–Crippen MR) is 47.3 cm³/mol. The van der Waals surface area contributed by atoms with Crippen molar-refractivity contribution in [2.75, 3.05) is 13.2 Å². The molecular formula is C9H14O6. The lowest BCUT2D eigenvalue weighted by Gasteiger charge is -2.27. The molecule has 86 valence electrons. The molecule has 2 heterocycles. The molecule has 15 heavy (non-hydrogen) atoms. The van der Waals surface area contributed by atoms with Crippen molar-refractivity contribution < 1.29 is 29.6 Å². The minimum absolute atomic E-state index is 0.0732. The van der Waals surface area contributed by atoms with Gasteiger partial charge in [-0.15, -0.1) is 0 Å². The standard InChI is InChI=1S/C9H14O6/c10-7(1-5-3-14-5)9(13,8(11)12)2-6-4-15-6/h5-7,10,13H,1-4H2,(H,11,12). The molecule has 0 aromatic heterocycles. The van der Waals surface area contributed by atoms with Crippen LogP contribution in [0.25, 0.3) is 0 Å². The summed E-state index contributed by atoms with van der Waals surface area (Å²) in [7, 11) is 0. The van der Waals surface area contributed by atoms with Gasteiger partial charge in [-0.2, -0.15) is 0 Å². The van der Waals surface area contributed by atoms with Gasteiger partial charge >= 0.3 is 5.97 Å². The Morgan fingerprint density at radius 2 is 1.93 bits per heavy atom. The molecule has 2 fully saturated rings. The highest BCUT2D eigenvalue weighted by Crippen LogP contribution is 2.30. The number of aliphatic hydroxyl groups excluding tert-OH is 1. The quantitative estimate of drug-likeness (QED) is 0.481. The fourth-order valence-electron chi connectivity index (χ4n) is 1.55. The average molecular weight is 218 g/mol. The lowest BCUT2D eigenvalue weighted by molar-refractivity contribution is -0.174. The number of carboxylic acid groups (broad SMARTS) is 1. The minimum atomic E-state index is -2.12. The SMILES string of the molecule is O=C(O)C(O)(CC1CO1)C(O)CC1CO1. The van der Waals surface area contributed by atoms with E-state index in [0.717, 1.165) is 0 Å². The van der Waals surface area contributed by atoms with Crippen LogP contribution in [-0.2, 0) is 14.3 Å². The van der Waals surface area contributed by atoms with Gasteiger partial charge in [0.25, 0.3) is 0 Å². The Morgan fingerprint density at radius 1 is 1.40 bits per heavy atom. The second-order valence-electron chi connectivity index (χ2n) is 4.10. The van der Waals surface area contributed by atoms with Gasteiger partial charge in [-0.25, -0.2) is 4.79 Å². The van der Waals surface area contributed by atoms with E-state index >= 15 is 0 Å². The third-order valence-corrected chi connectivity index (χ3v) is 2.75. The number of carbonyl (C=O) groups is 1. The van der Waals surface area contributed by atoms with Crippen LogP contribution in [-0.4, -0.2) is 58.4 Å². The van der Waals surface area contributed by atoms with Crippen LogP contribution in [0.3, 0.4) is 0 Å². The molecule has 4 unspecified atom stereocenters. The fraction of sp³-hybridized carbons (Fsp3) is 0.889. The lowest BCUT2D eigenvalue weighted by Crippen LogP contribution is -2.51. The van der Waals surface area contributed by atoms with Crippen LogP contribution in [0.1, 0.15) is 12.8 Å². The van der Waals surface area contributed by atoms with Gasteiger partial charge in [-0.05, 0) is 0 Å². The second-order valence-corrected chi connectivity index (χ2v) is 4.10. The maximum Gasteiger partial charge on any atom is 0.338 e. The van der Waals surface area contributed by atoms with Crippen molar-refractivity contribution in [1.82, 2.24) is 0 Å². The van der Waals surface area contributed by atoms with Gasteiger partial charge < -0.3 is 24.8 Å². The fourth-order valence-corrected chi connectivity index (χ4v) is 1.55. The van der Waals surface area contributed by atoms with E-state index < -0.39 is 17.7 Å². The van der Waals surface area contributed by atoms with Crippen molar-refractivity contribution in [3.63, 3.8) is 0 Å². The van der Waals surface area contributed by atoms with Gasteiger partial charge in [-0.3, -0.25) is 0 Å². The normalized spacial score (nSPS) is 34.3. The highest BCUT2D eigenvalue weighted by molar-refractivity contribution is 5.78. The molecule has 0 aromatic rings. The van der Waals surface area contributed by atoms with E-state index in [4.69, 9.17) is 14.6 Å². The van der Waals surface area contributed by atoms with Crippen LogP contribution in [0.15, 0.2) is 0 Å². The first-order valence-corrected chi connectivity index (χ1v) is 4.89. The molecule has 0 spiro atoms. The third-order valence-electron chi connectivity index (χ3n) is 2.75. The number of aliphatic hydroxyl groups is 2. The summed E-state index contributed by atoms with van der Waals surface area (Å²) >= 11 is 0. The zero-order chi connectivity index (χ0) is 11.1. The monoisotopic (exact) mass is 218 g/mol. The summed E-state index contributed by atoms with van der Waals surface area (Å²) < 4.78 is 9.74. The molecule has 6 heteroatoms. The molecule has 2 aliphatic heterocycles. The summed E-state index contributed by atoms with van der Waals surface area (Å²) in [5, 5.41) is 28.4. The molecule has 0 radical (unpaired) electrons. The second kappa shape index (κ2) is 3.71. The number of hydrogen-bond donors (Lipinski definition) is 3. The molecule has 0 saturated carbocycles. The first-order valence-electron chi connectivity index (χ1n) is 4.89. The van der Waals surface area contributed by atoms with Crippen molar-refractivity contribution in [1.29, 1.82) is 0 Å². The van der Waals surface area contributed by atoms with Crippen LogP contribution in [0.4, 0.5) is 0 Å². The van der Waals surface area contributed by atoms with E-state index in [9.17, 15) is 15.0 Å². The van der Waals surface area contributed by atoms with E-state index in [1.807, 2.05) is 0 Å². The van der Waals surface area contributed by atoms with E-state index in [1.165, 1.54) is 0 Å². The Bertz CT molecular complexity index is 259. The van der Waals surface area contributed by atoms with Crippen molar-refractivity contribution in [3.05, 3.63) is 0 Å². The smallest absolute Gasteiger partial charge is 0.338 e. The number of rotatable bonds is 6. The number of hydrogen-bond acceptors (Lipinski definition) is 5. The summed E-state index contributed by atoms with van der Waals surface area (Å²) in [5.41, 5.74) is -2.12. The summed E-state index contributed by atoms with van der Waals surface area (Å²) in [5.74, 6) is -1.41. The van der Waals surface area contributed by atoms with Gasteiger partial charge in [0.2, 0.25) is 0 Å². The maximum atomic E-state index is 10.9. The number of aliphatic carboxylic acids is 1. The van der Waals surface area contributed by atoms with Crippen molar-refractivity contribution in [2.45, 2.75) is 36.8 Å². The molecule has 0 aromatic carbocycles. The molecule has 4 atom stereocenters. The summed E-state index contributed by atoms with van der Waals surface area (Å²) in [6, 6.07) is 0. The maximum absolute atomic E-state index is 10.9. The minimum Gasteiger partial charge on any atom is -0.479 e. The largest absolute Gasteiger partial charge is 0.479 e. The molecule has 0 amide bonds. The molecule has 2 rings (SSSR count). The lowest BCUT2D eigenvalue weighted by atomic mass is 9.88. The first-order chi connectivity index (χ1) is 7.02. The van der Waals surface area contributed by atoms with E-state index in [0.29, 0.717) is 13.2 Å². The van der Waals surface area contributed by atoms with Gasteiger partial charge in [-0.1, -0.05) is 0 Å². The van der Waals surface area contributed by atoms with Crippen molar-refractivity contribution in [3.8, 4) is 0 Å². The van der Waals surface area contributed by atoms with E-state index in [-0.39, 0.29) is 25.0 Å². The molecule has 0 aliphatic carbocycles. The van der Waals surface area contributed by atoms with E-state index in [1.54, 1.807) is 0 Å². The van der Waals surface area contributed by atoms with Crippen molar-refractivity contribution >= 4 is 5.97 Å². The van der Waals surface area contributed by atoms with Crippen LogP contribution in [0.5, 0.6) is 0 Å². The van der Waals surface area contributed by atoms with Gasteiger partial charge in [0, 0.05) is 12.8 Å². The molecule has 6 nitrogen and oxygen atoms in total. The summed E-state index contributed by atoms with van der Waals surface area (Å²) in [6.07, 6.45) is -1.61. The number of carboxylic acids is 1. The third kappa shape index (κ3) is 2.46. The number of epoxide rings is 2. The Labute approximate surface area is 86.4 Å². The zero-order valence-electron chi connectivity index (χ0n) is 8.13. The van der Waals surface area contributed by atoms with Crippen LogP contribution >= 0.6 is 0 Å². The Kier molecular flexibility index (Phi) is 2.68. The van der Waals surface area contributed by atoms with Crippen LogP contribution < -0.4 is 0 Å². The summed E-state index contributed by atoms with van der Waals surface area (Å²) in [6.45, 7) is 0.967. The average Bonchev–Trinajstić information content (AvgIpc) is 2.98. The Morgan fingerprint density at radius 3 is 2.33 bits per heavy atom. The first kappa shape index (κ1) is 10.8. The van der Waals surface area contributed by atoms with Crippen LogP contribution in [0.2, 0.25) is 0 Å². The van der Waals surface area contributed by atoms with Crippen molar-refractivity contribution in [2.24, 2.45) is 0 Å². The van der Waals surface area contributed by atoms with Gasteiger partial charge in [0.1, 0.15) is 0 Å². The predicted octanol–water partition coefficient (Wildman–Crippen LogP) is -1.26. The highest BCUT2D eigenvalue weighted by Gasteiger charge is 2.49. The molecule has 3 N–H and O–H groups in total. The molecular weight excluding hydrogens is 204 g/mol. The summed E-state index contributed by atoms with van der Waals surface area (Å²) in [4.78, 5) is 10.9. The topological polar surface area (TPSA) is 103 Å². The highest BCUT2D eigenvalue weighted by atomic mass is 16.6. The molecule has 2 aliphatic rings. The molecule has 0 bridgehead atoms. The van der Waals surface area contributed by atoms with Gasteiger partial charge in [0.15, 0.2) is 5.60 Å². The number of ether oxygens (including phenoxy) is 2. The Balaban J connectivity index is 1.97. The molecule has 2 saturated heterocycles. The van der Waals surface area contributed by atoms with Gasteiger partial charge in [0.05, 0.1) is 31.5 Å². The zero-order valence-corrected chi connectivity index (χ0v) is 8.13.